The van der Waals surface area contributed by atoms with Gasteiger partial charge in [-0.2, -0.15) is 0 Å². The normalized spacial score (nSPS) is 12.8. The molecular formula is BaF4N2O8S4. The van der Waals surface area contributed by atoms with Gasteiger partial charge in [0.15, 0.2) is 0 Å². The zero-order valence-electron chi connectivity index (χ0n) is 8.01. The minimum Gasteiger partial charge on any atom is -0.379 e. The molecule has 0 unspecified atom stereocenters. The third-order valence-electron chi connectivity index (χ3n) is 0.356. The van der Waals surface area contributed by atoms with E-state index in [2.05, 4.69) is 0 Å². The van der Waals surface area contributed by atoms with Crippen molar-refractivity contribution in [3.8, 4) is 0 Å². The summed E-state index contributed by atoms with van der Waals surface area (Å²) in [6.45, 7) is 0. The van der Waals surface area contributed by atoms with Gasteiger partial charge < -0.3 is 8.25 Å². The molecule has 0 spiro atoms. The molecule has 112 valence electrons. The van der Waals surface area contributed by atoms with Gasteiger partial charge in [0.2, 0.25) is 41.6 Å². The van der Waals surface area contributed by atoms with Gasteiger partial charge in [-0.05, 0) is 0 Å². The molecule has 0 N–H and O–H groups in total. The summed E-state index contributed by atoms with van der Waals surface area (Å²) < 4.78 is 120. The van der Waals surface area contributed by atoms with Gasteiger partial charge in [-0.1, -0.05) is 0 Å². The Labute approximate surface area is 146 Å². The summed E-state index contributed by atoms with van der Waals surface area (Å²) >= 11 is 0. The third-order valence-corrected chi connectivity index (χ3v) is 3.21. The molecule has 10 nitrogen and oxygen atoms in total. The van der Waals surface area contributed by atoms with Crippen LogP contribution >= 0.6 is 0 Å². The Morgan fingerprint density at radius 3 is 0.579 bits per heavy atom. The average Bonchev–Trinajstić information content (AvgIpc) is 1.64. The zero-order chi connectivity index (χ0) is 15.4. The van der Waals surface area contributed by atoms with Crippen molar-refractivity contribution in [1.82, 2.24) is 0 Å². The van der Waals surface area contributed by atoms with Crippen molar-refractivity contribution < 1.29 is 49.2 Å². The number of nitrogens with zero attached hydrogens (tertiary/aromatic N) is 2. The first-order chi connectivity index (χ1) is 7.41. The van der Waals surface area contributed by atoms with Crippen LogP contribution in [0.2, 0.25) is 0 Å². The molecule has 0 aromatic rings. The van der Waals surface area contributed by atoms with E-state index in [-0.39, 0.29) is 48.9 Å². The first-order valence-corrected chi connectivity index (χ1v) is 8.04. The minimum absolute atomic E-state index is 0. The third kappa shape index (κ3) is 32.5. The zero-order valence-corrected chi connectivity index (χ0v) is 15.7. The average molecular weight is 498 g/mol. The maximum Gasteiger partial charge on any atom is 2.00 e. The Bertz CT molecular complexity index is 551. The van der Waals surface area contributed by atoms with Gasteiger partial charge in [0, 0.05) is 0 Å². The van der Waals surface area contributed by atoms with Crippen molar-refractivity contribution in [3.05, 3.63) is 8.25 Å². The van der Waals surface area contributed by atoms with Crippen LogP contribution in [-0.4, -0.2) is 82.6 Å². The fraction of sp³-hybridized carbons (Fsp3) is 0. The molecule has 0 aliphatic heterocycles. The first kappa shape index (κ1) is 25.0. The molecule has 19 heavy (non-hydrogen) atoms. The molecule has 0 saturated carbocycles. The van der Waals surface area contributed by atoms with Crippen LogP contribution < -0.4 is 0 Å². The summed E-state index contributed by atoms with van der Waals surface area (Å²) in [4.78, 5) is 0. The largest absolute Gasteiger partial charge is 2.00 e. The predicted octanol–water partition coefficient (Wildman–Crippen LogP) is -0.803. The maximum atomic E-state index is 11.1. The van der Waals surface area contributed by atoms with Gasteiger partial charge in [-0.3, -0.25) is 0 Å². The van der Waals surface area contributed by atoms with E-state index < -0.39 is 41.6 Å². The van der Waals surface area contributed by atoms with Crippen molar-refractivity contribution >= 4 is 90.5 Å². The molecule has 0 fully saturated rings. The van der Waals surface area contributed by atoms with Crippen LogP contribution in [0, 0.1) is 0 Å². The van der Waals surface area contributed by atoms with Crippen LogP contribution in [0.3, 0.4) is 0 Å². The smallest absolute Gasteiger partial charge is 0.379 e. The Balaban J connectivity index is -0.000000256. The molecule has 0 aliphatic rings. The van der Waals surface area contributed by atoms with Crippen molar-refractivity contribution in [1.29, 1.82) is 0 Å². The second kappa shape index (κ2) is 8.45. The van der Waals surface area contributed by atoms with Crippen LogP contribution in [0.15, 0.2) is 0 Å². The van der Waals surface area contributed by atoms with Crippen LogP contribution in [0.25, 0.3) is 8.25 Å². The summed E-state index contributed by atoms with van der Waals surface area (Å²) in [6, 6.07) is 0. The van der Waals surface area contributed by atoms with Gasteiger partial charge in [-0.15, -0.1) is 15.5 Å². The fourth-order valence-corrected chi connectivity index (χ4v) is 1.91. The van der Waals surface area contributed by atoms with Crippen molar-refractivity contribution in [2.45, 2.75) is 0 Å². The summed E-state index contributed by atoms with van der Waals surface area (Å²) in [7, 11) is -22.5. The van der Waals surface area contributed by atoms with Gasteiger partial charge in [0.05, 0.1) is 0 Å². The van der Waals surface area contributed by atoms with Gasteiger partial charge >= 0.3 is 48.9 Å². The van der Waals surface area contributed by atoms with Crippen LogP contribution in [0.4, 0.5) is 15.5 Å². The van der Waals surface area contributed by atoms with Crippen molar-refractivity contribution in [3.63, 3.8) is 0 Å². The molecule has 0 radical (unpaired) electrons. The SMILES string of the molecule is O=S(=O)(F)[N-]S(=O)(=O)F.O=S(=O)(F)[N-]S(=O)(=O)F.[Ba+2]. The molecule has 0 atom stereocenters. The van der Waals surface area contributed by atoms with Crippen LogP contribution in [0.5, 0.6) is 0 Å². The quantitative estimate of drug-likeness (QED) is 0.276. The second-order valence-electron chi connectivity index (χ2n) is 1.80. The van der Waals surface area contributed by atoms with Gasteiger partial charge in [0.25, 0.3) is 0 Å². The van der Waals surface area contributed by atoms with Gasteiger partial charge in [0.1, 0.15) is 0 Å². The molecule has 0 saturated heterocycles. The van der Waals surface area contributed by atoms with E-state index in [1.807, 2.05) is 0 Å². The number of hydrogen-bond donors (Lipinski definition) is 0. The molecule has 0 heterocycles. The molecule has 0 aromatic heterocycles. The van der Waals surface area contributed by atoms with Crippen LogP contribution in [-0.2, 0) is 41.6 Å². The number of rotatable bonds is 4. The number of hydrogen-bond acceptors (Lipinski definition) is 8. The Morgan fingerprint density at radius 1 is 0.474 bits per heavy atom. The van der Waals surface area contributed by atoms with Crippen molar-refractivity contribution in [2.24, 2.45) is 0 Å². The van der Waals surface area contributed by atoms with E-state index >= 15 is 0 Å². The molecule has 0 aliphatic carbocycles. The summed E-state index contributed by atoms with van der Waals surface area (Å²) in [5.41, 5.74) is 0. The molecule has 0 bridgehead atoms. The van der Waals surface area contributed by atoms with E-state index in [1.165, 1.54) is 0 Å². The molecule has 0 aromatic carbocycles. The first-order valence-electron chi connectivity index (χ1n) is 2.68. The predicted molar refractivity (Wildman–Crippen MR) is 52.6 cm³/mol. The fourth-order valence-electron chi connectivity index (χ4n) is 0.213. The topological polar surface area (TPSA) is 165 Å². The maximum absolute atomic E-state index is 11.1. The standard InChI is InChI=1S/Ba.2F2NO4S2/c;2*1-8(4,5)3-9(2,6)7/q+2;2*-1. The summed E-state index contributed by atoms with van der Waals surface area (Å²) in [5.74, 6) is 0. The van der Waals surface area contributed by atoms with Crippen molar-refractivity contribution in [2.75, 3.05) is 0 Å². The second-order valence-corrected chi connectivity index (χ2v) is 6.29. The van der Waals surface area contributed by atoms with Gasteiger partial charge in [-0.25, -0.2) is 33.7 Å². The summed E-state index contributed by atoms with van der Waals surface area (Å²) in [5, 5.41) is 0. The number of halogens is 4. The van der Waals surface area contributed by atoms with E-state index in [1.54, 1.807) is 0 Å². The summed E-state index contributed by atoms with van der Waals surface area (Å²) in [6.07, 6.45) is 0. The monoisotopic (exact) mass is 498 g/mol. The van der Waals surface area contributed by atoms with E-state index in [4.69, 9.17) is 0 Å². The molecule has 19 heteroatoms. The van der Waals surface area contributed by atoms with E-state index in [0.717, 1.165) is 8.25 Å². The molecule has 0 amide bonds. The Kier molecular flexibility index (Phi) is 11.1. The molecular weight excluding hydrogens is 498 g/mol. The Morgan fingerprint density at radius 2 is 0.579 bits per heavy atom. The molecule has 0 rings (SSSR count). The van der Waals surface area contributed by atoms with Crippen LogP contribution in [0.1, 0.15) is 0 Å². The Hall–Kier alpha value is 1.01. The van der Waals surface area contributed by atoms with E-state index in [9.17, 15) is 49.2 Å². The minimum atomic E-state index is -5.62. The van der Waals surface area contributed by atoms with E-state index in [0.29, 0.717) is 0 Å².